The molecule has 0 saturated heterocycles. The largest absolute Gasteiger partial charge is 0.494 e. The molecule has 2 aromatic rings. The summed E-state index contributed by atoms with van der Waals surface area (Å²) in [6.45, 7) is 6.71. The summed E-state index contributed by atoms with van der Waals surface area (Å²) in [7, 11) is 0. The maximum Gasteiger partial charge on any atom is 0.324 e. The fraction of sp³-hybridized carbons (Fsp3) is 0.379. The van der Waals surface area contributed by atoms with Crippen molar-refractivity contribution in [2.24, 2.45) is 11.8 Å². The lowest BCUT2D eigenvalue weighted by Crippen LogP contribution is -2.42. The Bertz CT molecular complexity index is 1040. The van der Waals surface area contributed by atoms with Gasteiger partial charge in [0.1, 0.15) is 17.4 Å². The molecule has 6 heteroatoms. The highest BCUT2D eigenvalue weighted by Gasteiger charge is 2.44. The lowest BCUT2D eigenvalue weighted by Gasteiger charge is -2.31. The molecule has 0 heterocycles. The van der Waals surface area contributed by atoms with Crippen LogP contribution < -0.4 is 9.47 Å². The number of benzene rings is 2. The van der Waals surface area contributed by atoms with Crippen molar-refractivity contribution in [2.75, 3.05) is 6.61 Å². The van der Waals surface area contributed by atoms with Gasteiger partial charge in [0.25, 0.3) is 0 Å². The molecule has 186 valence electrons. The number of allylic oxidation sites excluding steroid dienone is 2. The van der Waals surface area contributed by atoms with E-state index in [1.807, 2.05) is 50.2 Å². The lowest BCUT2D eigenvalue weighted by atomic mass is 9.96. The molecule has 0 bridgehead atoms. The first kappa shape index (κ1) is 26.6. The first-order valence-electron chi connectivity index (χ1n) is 12.1. The van der Waals surface area contributed by atoms with Crippen LogP contribution in [0, 0.1) is 11.8 Å². The Balaban J connectivity index is 1.61. The van der Waals surface area contributed by atoms with E-state index < -0.39 is 22.9 Å². The van der Waals surface area contributed by atoms with E-state index in [9.17, 15) is 9.59 Å². The minimum atomic E-state index is -1.61. The van der Waals surface area contributed by atoms with Crippen molar-refractivity contribution in [3.8, 4) is 22.6 Å². The van der Waals surface area contributed by atoms with E-state index in [-0.39, 0.29) is 12.3 Å². The molecule has 0 fully saturated rings. The predicted octanol–water partition coefficient (Wildman–Crippen LogP) is 7.09. The predicted molar refractivity (Wildman–Crippen MR) is 138 cm³/mol. The Labute approximate surface area is 212 Å². The van der Waals surface area contributed by atoms with Crippen LogP contribution in [0.15, 0.2) is 72.8 Å². The van der Waals surface area contributed by atoms with E-state index in [0.717, 1.165) is 36.3 Å². The molecule has 5 nitrogen and oxygen atoms in total. The molecule has 3 rings (SSSR count). The van der Waals surface area contributed by atoms with Gasteiger partial charge in [-0.15, -0.1) is 0 Å². The van der Waals surface area contributed by atoms with Crippen molar-refractivity contribution in [3.05, 3.63) is 72.8 Å². The fourth-order valence-electron chi connectivity index (χ4n) is 3.66. The van der Waals surface area contributed by atoms with Gasteiger partial charge in [-0.05, 0) is 53.8 Å². The average Bonchev–Trinajstić information content (AvgIpc) is 2.82. The van der Waals surface area contributed by atoms with E-state index in [2.05, 4.69) is 6.92 Å². The molecule has 0 spiro atoms. The van der Waals surface area contributed by atoms with Gasteiger partial charge in [-0.25, -0.2) is 0 Å². The summed E-state index contributed by atoms with van der Waals surface area (Å²) in [4.78, 5) is 25.1. The van der Waals surface area contributed by atoms with Gasteiger partial charge in [0.15, 0.2) is 0 Å². The molecule has 0 saturated carbocycles. The number of carbonyl (C=O) groups is 2. The van der Waals surface area contributed by atoms with Gasteiger partial charge in [-0.2, -0.15) is 0 Å². The molecule has 0 aliphatic heterocycles. The van der Waals surface area contributed by atoms with Crippen LogP contribution in [0.3, 0.4) is 0 Å². The Hall–Kier alpha value is -3.05. The summed E-state index contributed by atoms with van der Waals surface area (Å²) < 4.78 is 16.8. The lowest BCUT2D eigenvalue weighted by molar-refractivity contribution is -0.156. The molecular weight excluding hydrogens is 464 g/mol. The van der Waals surface area contributed by atoms with Gasteiger partial charge in [0.05, 0.1) is 6.61 Å². The average molecular weight is 497 g/mol. The van der Waals surface area contributed by atoms with E-state index in [1.54, 1.807) is 30.4 Å². The Kier molecular flexibility index (Phi) is 9.55. The Morgan fingerprint density at radius 2 is 1.57 bits per heavy atom. The van der Waals surface area contributed by atoms with Gasteiger partial charge in [0, 0.05) is 6.42 Å². The van der Waals surface area contributed by atoms with E-state index >= 15 is 0 Å². The quantitative estimate of drug-likeness (QED) is 0.144. The van der Waals surface area contributed by atoms with Crippen LogP contribution in [-0.4, -0.2) is 23.6 Å². The molecule has 0 N–H and O–H groups in total. The summed E-state index contributed by atoms with van der Waals surface area (Å²) in [5.74, 6) is -0.683. The van der Waals surface area contributed by atoms with Crippen LogP contribution in [0.4, 0.5) is 0 Å². The normalized spacial score (nSPS) is 18.9. The van der Waals surface area contributed by atoms with Gasteiger partial charge in [-0.3, -0.25) is 9.59 Å². The fourth-order valence-corrected chi connectivity index (χ4v) is 3.98. The number of hydrogen-bond acceptors (Lipinski definition) is 5. The van der Waals surface area contributed by atoms with Crippen LogP contribution in [0.25, 0.3) is 11.1 Å². The number of alkyl halides is 1. The number of ether oxygens (including phenoxy) is 3. The van der Waals surface area contributed by atoms with E-state index in [0.29, 0.717) is 5.75 Å². The first-order valence-corrected chi connectivity index (χ1v) is 12.5. The monoisotopic (exact) mass is 496 g/mol. The minimum absolute atomic E-state index is 0.115. The van der Waals surface area contributed by atoms with Gasteiger partial charge >= 0.3 is 11.9 Å². The summed E-state index contributed by atoms with van der Waals surface area (Å²) in [5.41, 5.74) is 2.01. The molecular formula is C29H33ClO5. The summed E-state index contributed by atoms with van der Waals surface area (Å²) in [6, 6.07) is 15.1. The second-order valence-corrected chi connectivity index (χ2v) is 9.61. The van der Waals surface area contributed by atoms with Crippen LogP contribution >= 0.6 is 11.6 Å². The molecule has 2 aromatic carbocycles. The van der Waals surface area contributed by atoms with Gasteiger partial charge < -0.3 is 14.2 Å². The van der Waals surface area contributed by atoms with Gasteiger partial charge in [-0.1, -0.05) is 87.7 Å². The zero-order valence-electron chi connectivity index (χ0n) is 20.5. The molecule has 1 aliphatic carbocycles. The zero-order valence-corrected chi connectivity index (χ0v) is 21.3. The maximum absolute atomic E-state index is 12.9. The zero-order chi connectivity index (χ0) is 25.3. The third-order valence-electron chi connectivity index (χ3n) is 5.54. The second kappa shape index (κ2) is 12.6. The second-order valence-electron chi connectivity index (χ2n) is 9.02. The van der Waals surface area contributed by atoms with Crippen molar-refractivity contribution in [3.63, 3.8) is 0 Å². The van der Waals surface area contributed by atoms with Crippen LogP contribution in [0.5, 0.6) is 11.5 Å². The molecule has 0 amide bonds. The van der Waals surface area contributed by atoms with Crippen LogP contribution in [0.2, 0.25) is 0 Å². The smallest absolute Gasteiger partial charge is 0.324 e. The van der Waals surface area contributed by atoms with Crippen LogP contribution in [0.1, 0.15) is 46.5 Å². The molecule has 0 radical (unpaired) electrons. The molecule has 1 aliphatic rings. The van der Waals surface area contributed by atoms with E-state index in [4.69, 9.17) is 25.8 Å². The number of hydrogen-bond donors (Lipinski definition) is 0. The number of esters is 2. The molecule has 35 heavy (non-hydrogen) atoms. The molecule has 0 aromatic heterocycles. The minimum Gasteiger partial charge on any atom is -0.494 e. The van der Waals surface area contributed by atoms with E-state index in [1.165, 1.54) is 12.5 Å². The topological polar surface area (TPSA) is 61.8 Å². The maximum atomic E-state index is 12.9. The van der Waals surface area contributed by atoms with Crippen molar-refractivity contribution < 1.29 is 23.8 Å². The molecule has 2 unspecified atom stereocenters. The summed E-state index contributed by atoms with van der Waals surface area (Å²) >= 11 is 6.55. The highest BCUT2D eigenvalue weighted by atomic mass is 35.5. The number of carbonyl (C=O) groups excluding carboxylic acids is 2. The third kappa shape index (κ3) is 7.72. The number of halogens is 1. The summed E-state index contributed by atoms with van der Waals surface area (Å²) in [5, 5.41) is -1.61. The standard InChI is InChI=1S/C29H33ClO5/c1-4-5-8-19-33-24-14-10-22(11-15-24)23-12-16-25(17-13-23)34-28(32)26-9-6-7-18-29(26,30)35-27(31)20-21(2)3/h6-7,9-18,21,26H,4-5,8,19-20H2,1-3H3. The van der Waals surface area contributed by atoms with Crippen LogP contribution in [-0.2, 0) is 14.3 Å². The van der Waals surface area contributed by atoms with Gasteiger partial charge in [0.2, 0.25) is 5.06 Å². The van der Waals surface area contributed by atoms with Crippen molar-refractivity contribution in [1.29, 1.82) is 0 Å². The highest BCUT2D eigenvalue weighted by Crippen LogP contribution is 2.35. The number of unbranched alkanes of at least 4 members (excludes halogenated alkanes) is 2. The third-order valence-corrected chi connectivity index (χ3v) is 5.98. The summed E-state index contributed by atoms with van der Waals surface area (Å²) in [6.07, 6.45) is 10.0. The van der Waals surface area contributed by atoms with Crippen molar-refractivity contribution in [1.82, 2.24) is 0 Å². The highest BCUT2D eigenvalue weighted by molar-refractivity contribution is 6.26. The SMILES string of the molecule is CCCCCOc1ccc(-c2ccc(OC(=O)C3C=CC=CC3(Cl)OC(=O)CC(C)C)cc2)cc1. The molecule has 2 atom stereocenters. The Morgan fingerprint density at radius 1 is 0.943 bits per heavy atom. The van der Waals surface area contributed by atoms with Crippen molar-refractivity contribution >= 4 is 23.5 Å². The van der Waals surface area contributed by atoms with Crippen molar-refractivity contribution in [2.45, 2.75) is 51.5 Å². The first-order chi connectivity index (χ1) is 16.8. The number of rotatable bonds is 11. The Morgan fingerprint density at radius 3 is 2.17 bits per heavy atom.